The maximum Gasteiger partial charge on any atom is 0.315 e. The Morgan fingerprint density at radius 3 is 1.55 bits per heavy atom. The summed E-state index contributed by atoms with van der Waals surface area (Å²) in [6, 6.07) is 11.6. The van der Waals surface area contributed by atoms with Crippen LogP contribution in [0.3, 0.4) is 0 Å². The number of ether oxygens (including phenoxy) is 2. The lowest BCUT2D eigenvalue weighted by Crippen LogP contribution is -2.39. The van der Waals surface area contributed by atoms with Crippen LogP contribution in [0.5, 0.6) is 11.5 Å². The predicted molar refractivity (Wildman–Crippen MR) is 111 cm³/mol. The van der Waals surface area contributed by atoms with E-state index in [-0.39, 0.29) is 23.8 Å². The summed E-state index contributed by atoms with van der Waals surface area (Å²) < 4.78 is 11.6. The maximum absolute atomic E-state index is 13.1. The van der Waals surface area contributed by atoms with Crippen LogP contribution < -0.4 is 9.47 Å². The first kappa shape index (κ1) is 19.7. The van der Waals surface area contributed by atoms with Gasteiger partial charge in [0.15, 0.2) is 0 Å². The molecule has 2 bridgehead atoms. The fraction of sp³-hybridized carbons (Fsp3) is 0.440. The SMILES string of the molecule is Cc1ccc(C)c(OC(=O)C2C3CCC(C3)C2C(=O)Oc2cc(C)ccc2C)c1. The highest BCUT2D eigenvalue weighted by atomic mass is 16.5. The summed E-state index contributed by atoms with van der Waals surface area (Å²) in [4.78, 5) is 26.3. The third kappa shape index (κ3) is 3.81. The molecule has 4 rings (SSSR count). The topological polar surface area (TPSA) is 52.6 Å². The first-order chi connectivity index (χ1) is 13.8. The van der Waals surface area contributed by atoms with E-state index in [0.29, 0.717) is 11.5 Å². The first-order valence-electron chi connectivity index (χ1n) is 10.4. The molecule has 4 heteroatoms. The number of benzene rings is 2. The van der Waals surface area contributed by atoms with Gasteiger partial charge in [0, 0.05) is 0 Å². The quantitative estimate of drug-likeness (QED) is 0.537. The predicted octanol–water partition coefficient (Wildman–Crippen LogP) is 5.09. The molecule has 2 saturated carbocycles. The highest BCUT2D eigenvalue weighted by molar-refractivity contribution is 5.86. The lowest BCUT2D eigenvalue weighted by Gasteiger charge is -2.28. The van der Waals surface area contributed by atoms with Crippen molar-refractivity contribution in [3.8, 4) is 11.5 Å². The molecule has 2 aromatic carbocycles. The number of esters is 2. The van der Waals surface area contributed by atoms with Gasteiger partial charge in [-0.05, 0) is 93.2 Å². The van der Waals surface area contributed by atoms with Crippen LogP contribution in [-0.2, 0) is 9.59 Å². The van der Waals surface area contributed by atoms with Crippen molar-refractivity contribution in [1.82, 2.24) is 0 Å². The van der Waals surface area contributed by atoms with Gasteiger partial charge in [-0.15, -0.1) is 0 Å². The van der Waals surface area contributed by atoms with E-state index in [1.807, 2.05) is 64.1 Å². The van der Waals surface area contributed by atoms with Crippen molar-refractivity contribution < 1.29 is 19.1 Å². The molecule has 0 radical (unpaired) electrons. The van der Waals surface area contributed by atoms with Crippen LogP contribution in [0.4, 0.5) is 0 Å². The molecule has 0 heterocycles. The normalized spacial score (nSPS) is 25.1. The second kappa shape index (κ2) is 7.66. The van der Waals surface area contributed by atoms with Gasteiger partial charge in [0.05, 0.1) is 11.8 Å². The number of carbonyl (C=O) groups excluding carboxylic acids is 2. The molecular formula is C25H28O4. The van der Waals surface area contributed by atoms with Gasteiger partial charge in [-0.2, -0.15) is 0 Å². The van der Waals surface area contributed by atoms with Gasteiger partial charge in [-0.1, -0.05) is 24.3 Å². The minimum atomic E-state index is -0.425. The molecule has 0 aliphatic heterocycles. The monoisotopic (exact) mass is 392 g/mol. The Bertz CT molecular complexity index is 884. The third-order valence-corrected chi connectivity index (χ3v) is 6.57. The number of rotatable bonds is 4. The van der Waals surface area contributed by atoms with E-state index >= 15 is 0 Å². The van der Waals surface area contributed by atoms with Crippen molar-refractivity contribution in [1.29, 1.82) is 0 Å². The van der Waals surface area contributed by atoms with E-state index < -0.39 is 11.8 Å². The van der Waals surface area contributed by atoms with Crippen molar-refractivity contribution in [2.24, 2.45) is 23.7 Å². The lowest BCUT2D eigenvalue weighted by molar-refractivity contribution is -0.153. The first-order valence-corrected chi connectivity index (χ1v) is 10.4. The zero-order valence-electron chi connectivity index (χ0n) is 17.5. The van der Waals surface area contributed by atoms with Crippen LogP contribution in [0.2, 0.25) is 0 Å². The Kier molecular flexibility index (Phi) is 5.20. The molecule has 2 fully saturated rings. The summed E-state index contributed by atoms with van der Waals surface area (Å²) in [5, 5.41) is 0. The fourth-order valence-electron chi connectivity index (χ4n) is 4.96. The van der Waals surface area contributed by atoms with Crippen LogP contribution in [0.1, 0.15) is 41.5 Å². The summed E-state index contributed by atoms with van der Waals surface area (Å²) in [6.07, 6.45) is 2.86. The van der Waals surface area contributed by atoms with Crippen LogP contribution in [-0.4, -0.2) is 11.9 Å². The van der Waals surface area contributed by atoms with Crippen molar-refractivity contribution >= 4 is 11.9 Å². The summed E-state index contributed by atoms with van der Waals surface area (Å²) in [5.41, 5.74) is 3.91. The van der Waals surface area contributed by atoms with E-state index in [0.717, 1.165) is 41.5 Å². The smallest absolute Gasteiger partial charge is 0.315 e. The Balaban J connectivity index is 1.55. The molecule has 0 spiro atoms. The molecule has 152 valence electrons. The number of fused-ring (bicyclic) bond motifs is 2. The van der Waals surface area contributed by atoms with Gasteiger partial charge in [-0.25, -0.2) is 0 Å². The molecule has 0 saturated heterocycles. The van der Waals surface area contributed by atoms with E-state index in [4.69, 9.17) is 9.47 Å². The Morgan fingerprint density at radius 1 is 0.724 bits per heavy atom. The lowest BCUT2D eigenvalue weighted by atomic mass is 9.79. The Labute approximate surface area is 172 Å². The largest absolute Gasteiger partial charge is 0.426 e. The van der Waals surface area contributed by atoms with Crippen LogP contribution >= 0.6 is 0 Å². The van der Waals surface area contributed by atoms with Crippen molar-refractivity contribution in [3.63, 3.8) is 0 Å². The molecule has 0 N–H and O–H groups in total. The fourth-order valence-corrected chi connectivity index (χ4v) is 4.96. The highest BCUT2D eigenvalue weighted by Gasteiger charge is 2.55. The average molecular weight is 392 g/mol. The second-order valence-electron chi connectivity index (χ2n) is 8.76. The Morgan fingerprint density at radius 2 is 1.14 bits per heavy atom. The summed E-state index contributed by atoms with van der Waals surface area (Å²) in [5.74, 6) is 0.126. The van der Waals surface area contributed by atoms with Gasteiger partial charge < -0.3 is 9.47 Å². The van der Waals surface area contributed by atoms with E-state index in [2.05, 4.69) is 0 Å². The van der Waals surface area contributed by atoms with E-state index in [1.165, 1.54) is 0 Å². The van der Waals surface area contributed by atoms with Gasteiger partial charge in [0.25, 0.3) is 0 Å². The van der Waals surface area contributed by atoms with Crippen molar-refractivity contribution in [2.45, 2.75) is 47.0 Å². The van der Waals surface area contributed by atoms with Gasteiger partial charge >= 0.3 is 11.9 Å². The summed E-state index contributed by atoms with van der Waals surface area (Å²) in [6.45, 7) is 7.79. The highest BCUT2D eigenvalue weighted by Crippen LogP contribution is 2.53. The molecule has 0 amide bonds. The summed E-state index contributed by atoms with van der Waals surface area (Å²) in [7, 11) is 0. The standard InChI is InChI=1S/C25H28O4/c1-14-5-7-16(3)20(11-14)28-24(26)22-18-9-10-19(13-18)23(22)25(27)29-21-12-15(2)6-8-17(21)4/h5-8,11-12,18-19,22-23H,9-10,13H2,1-4H3. The van der Waals surface area contributed by atoms with Crippen LogP contribution in [0, 0.1) is 51.4 Å². The number of hydrogen-bond donors (Lipinski definition) is 0. The summed E-state index contributed by atoms with van der Waals surface area (Å²) >= 11 is 0. The minimum Gasteiger partial charge on any atom is -0.426 e. The van der Waals surface area contributed by atoms with E-state index in [1.54, 1.807) is 0 Å². The minimum absolute atomic E-state index is 0.203. The zero-order chi connectivity index (χ0) is 20.7. The molecule has 0 aromatic heterocycles. The van der Waals surface area contributed by atoms with Crippen molar-refractivity contribution in [3.05, 3.63) is 58.7 Å². The zero-order valence-corrected chi connectivity index (χ0v) is 17.5. The number of aryl methyl sites for hydroxylation is 4. The molecule has 2 aromatic rings. The molecule has 4 atom stereocenters. The third-order valence-electron chi connectivity index (χ3n) is 6.57. The molecule has 29 heavy (non-hydrogen) atoms. The van der Waals surface area contributed by atoms with Crippen molar-refractivity contribution in [2.75, 3.05) is 0 Å². The van der Waals surface area contributed by atoms with E-state index in [9.17, 15) is 9.59 Å². The molecular weight excluding hydrogens is 364 g/mol. The molecule has 2 aliphatic rings. The van der Waals surface area contributed by atoms with Gasteiger partial charge in [0.2, 0.25) is 0 Å². The second-order valence-corrected chi connectivity index (χ2v) is 8.76. The van der Waals surface area contributed by atoms with Gasteiger partial charge in [0.1, 0.15) is 11.5 Å². The number of carbonyl (C=O) groups is 2. The molecule has 4 unspecified atom stereocenters. The van der Waals surface area contributed by atoms with Crippen LogP contribution in [0.15, 0.2) is 36.4 Å². The van der Waals surface area contributed by atoms with Gasteiger partial charge in [-0.3, -0.25) is 9.59 Å². The molecule has 4 nitrogen and oxygen atoms in total. The maximum atomic E-state index is 13.1. The average Bonchev–Trinajstić information content (AvgIpc) is 3.29. The number of hydrogen-bond acceptors (Lipinski definition) is 4. The van der Waals surface area contributed by atoms with Crippen LogP contribution in [0.25, 0.3) is 0 Å². The molecule has 2 aliphatic carbocycles. The Hall–Kier alpha value is -2.62.